The number of carbonyl (C=O) groups excluding carboxylic acids is 2. The standard InChI is InChI=1S/C11H22N2O3S/c1-3-6-13-10(14)8-17-7-5-9(12)11(15)16-4-2/h9H,3-8,12H2,1-2H3,(H,13,14). The molecule has 0 heterocycles. The Morgan fingerprint density at radius 3 is 2.71 bits per heavy atom. The summed E-state index contributed by atoms with van der Waals surface area (Å²) < 4.78 is 4.78. The van der Waals surface area contributed by atoms with Crippen LogP contribution in [0.3, 0.4) is 0 Å². The zero-order valence-electron chi connectivity index (χ0n) is 10.5. The quantitative estimate of drug-likeness (QED) is 0.468. The minimum atomic E-state index is -0.582. The number of hydrogen-bond acceptors (Lipinski definition) is 5. The van der Waals surface area contributed by atoms with Gasteiger partial charge in [-0.2, -0.15) is 11.8 Å². The van der Waals surface area contributed by atoms with Gasteiger partial charge in [0.25, 0.3) is 0 Å². The van der Waals surface area contributed by atoms with E-state index in [-0.39, 0.29) is 11.9 Å². The van der Waals surface area contributed by atoms with E-state index in [0.717, 1.165) is 6.42 Å². The fraction of sp³-hybridized carbons (Fsp3) is 0.818. The average molecular weight is 262 g/mol. The molecular weight excluding hydrogens is 240 g/mol. The van der Waals surface area contributed by atoms with Gasteiger partial charge in [-0.25, -0.2) is 0 Å². The summed E-state index contributed by atoms with van der Waals surface area (Å²) in [6, 6.07) is -0.582. The molecule has 0 aliphatic heterocycles. The number of nitrogens with two attached hydrogens (primary N) is 1. The van der Waals surface area contributed by atoms with Gasteiger partial charge in [-0.15, -0.1) is 0 Å². The number of rotatable bonds is 9. The summed E-state index contributed by atoms with van der Waals surface area (Å²) in [7, 11) is 0. The van der Waals surface area contributed by atoms with Crippen LogP contribution in [0.25, 0.3) is 0 Å². The number of thioether (sulfide) groups is 1. The lowest BCUT2D eigenvalue weighted by Gasteiger charge is -2.09. The second kappa shape index (κ2) is 10.4. The molecule has 0 saturated heterocycles. The van der Waals surface area contributed by atoms with Gasteiger partial charge in [-0.05, 0) is 25.5 Å². The van der Waals surface area contributed by atoms with Gasteiger partial charge in [0.05, 0.1) is 12.4 Å². The Kier molecular flexibility index (Phi) is 9.95. The molecule has 0 bridgehead atoms. The van der Waals surface area contributed by atoms with E-state index < -0.39 is 6.04 Å². The maximum absolute atomic E-state index is 11.2. The molecule has 1 unspecified atom stereocenters. The van der Waals surface area contributed by atoms with Crippen molar-refractivity contribution in [2.45, 2.75) is 32.7 Å². The van der Waals surface area contributed by atoms with Crippen molar-refractivity contribution in [2.75, 3.05) is 24.7 Å². The lowest BCUT2D eigenvalue weighted by molar-refractivity contribution is -0.144. The topological polar surface area (TPSA) is 81.4 Å². The van der Waals surface area contributed by atoms with E-state index in [1.165, 1.54) is 11.8 Å². The number of nitrogens with one attached hydrogen (secondary N) is 1. The molecule has 0 fully saturated rings. The summed E-state index contributed by atoms with van der Waals surface area (Å²) in [6.45, 7) is 4.81. The SMILES string of the molecule is CCCNC(=O)CSCCC(N)C(=O)OCC. The molecule has 0 aromatic heterocycles. The number of ether oxygens (including phenoxy) is 1. The van der Waals surface area contributed by atoms with Gasteiger partial charge in [0.1, 0.15) is 6.04 Å². The van der Waals surface area contributed by atoms with Gasteiger partial charge >= 0.3 is 5.97 Å². The Labute approximate surface area is 107 Å². The van der Waals surface area contributed by atoms with Crippen molar-refractivity contribution in [3.05, 3.63) is 0 Å². The van der Waals surface area contributed by atoms with Gasteiger partial charge in [-0.1, -0.05) is 6.92 Å². The third kappa shape index (κ3) is 9.00. The maximum atomic E-state index is 11.2. The highest BCUT2D eigenvalue weighted by Crippen LogP contribution is 2.04. The first-order chi connectivity index (χ1) is 8.11. The highest BCUT2D eigenvalue weighted by atomic mass is 32.2. The molecule has 0 aliphatic carbocycles. The van der Waals surface area contributed by atoms with Crippen molar-refractivity contribution in [3.63, 3.8) is 0 Å². The Bertz CT molecular complexity index is 237. The van der Waals surface area contributed by atoms with Crippen molar-refractivity contribution in [3.8, 4) is 0 Å². The molecule has 0 radical (unpaired) electrons. The van der Waals surface area contributed by atoms with Gasteiger partial charge < -0.3 is 15.8 Å². The third-order valence-electron chi connectivity index (χ3n) is 1.97. The molecule has 0 aromatic carbocycles. The highest BCUT2D eigenvalue weighted by Gasteiger charge is 2.13. The Balaban J connectivity index is 3.50. The molecule has 0 rings (SSSR count). The minimum absolute atomic E-state index is 0.0292. The van der Waals surface area contributed by atoms with Crippen LogP contribution in [-0.2, 0) is 14.3 Å². The smallest absolute Gasteiger partial charge is 0.322 e. The van der Waals surface area contributed by atoms with Crippen LogP contribution >= 0.6 is 11.8 Å². The van der Waals surface area contributed by atoms with Crippen LogP contribution in [0.2, 0.25) is 0 Å². The summed E-state index contributed by atoms with van der Waals surface area (Å²) in [5.41, 5.74) is 5.61. The molecule has 17 heavy (non-hydrogen) atoms. The minimum Gasteiger partial charge on any atom is -0.465 e. The van der Waals surface area contributed by atoms with Crippen molar-refractivity contribution < 1.29 is 14.3 Å². The van der Waals surface area contributed by atoms with Crippen molar-refractivity contribution in [1.82, 2.24) is 5.32 Å². The lowest BCUT2D eigenvalue weighted by Crippen LogP contribution is -2.33. The summed E-state index contributed by atoms with van der Waals surface area (Å²) in [6.07, 6.45) is 1.47. The molecule has 1 amide bonds. The monoisotopic (exact) mass is 262 g/mol. The van der Waals surface area contributed by atoms with Crippen molar-refractivity contribution in [1.29, 1.82) is 0 Å². The molecule has 5 nitrogen and oxygen atoms in total. The lowest BCUT2D eigenvalue weighted by atomic mass is 10.2. The van der Waals surface area contributed by atoms with Crippen LogP contribution in [0, 0.1) is 0 Å². The van der Waals surface area contributed by atoms with Gasteiger partial charge in [0.15, 0.2) is 0 Å². The molecule has 3 N–H and O–H groups in total. The van der Waals surface area contributed by atoms with Gasteiger partial charge in [-0.3, -0.25) is 9.59 Å². The van der Waals surface area contributed by atoms with E-state index in [1.807, 2.05) is 6.92 Å². The zero-order chi connectivity index (χ0) is 13.1. The summed E-state index contributed by atoms with van der Waals surface area (Å²) in [5, 5.41) is 2.78. The number of esters is 1. The molecule has 100 valence electrons. The van der Waals surface area contributed by atoms with Gasteiger partial charge in [0, 0.05) is 6.54 Å². The Morgan fingerprint density at radius 2 is 2.12 bits per heavy atom. The van der Waals surface area contributed by atoms with Crippen LogP contribution in [0.5, 0.6) is 0 Å². The highest BCUT2D eigenvalue weighted by molar-refractivity contribution is 7.99. The van der Waals surface area contributed by atoms with Crippen LogP contribution in [0.15, 0.2) is 0 Å². The predicted octanol–water partition coefficient (Wildman–Crippen LogP) is 0.526. The number of carbonyl (C=O) groups is 2. The van der Waals surface area contributed by atoms with E-state index in [9.17, 15) is 9.59 Å². The molecule has 0 aromatic rings. The van der Waals surface area contributed by atoms with E-state index in [2.05, 4.69) is 5.32 Å². The van der Waals surface area contributed by atoms with Crippen LogP contribution in [-0.4, -0.2) is 42.6 Å². The number of hydrogen-bond donors (Lipinski definition) is 2. The number of amides is 1. The molecular formula is C11H22N2O3S. The van der Waals surface area contributed by atoms with Gasteiger partial charge in [0.2, 0.25) is 5.91 Å². The normalized spacial score (nSPS) is 11.9. The molecule has 0 saturated carbocycles. The fourth-order valence-corrected chi connectivity index (χ4v) is 1.91. The van der Waals surface area contributed by atoms with Crippen LogP contribution < -0.4 is 11.1 Å². The first-order valence-electron chi connectivity index (χ1n) is 5.88. The van der Waals surface area contributed by atoms with E-state index >= 15 is 0 Å². The molecule has 0 aliphatic rings. The van der Waals surface area contributed by atoms with Crippen LogP contribution in [0.4, 0.5) is 0 Å². The second-order valence-corrected chi connectivity index (χ2v) is 4.65. The second-order valence-electron chi connectivity index (χ2n) is 3.55. The Morgan fingerprint density at radius 1 is 1.41 bits per heavy atom. The predicted molar refractivity (Wildman–Crippen MR) is 69.9 cm³/mol. The van der Waals surface area contributed by atoms with E-state index in [1.54, 1.807) is 6.92 Å². The zero-order valence-corrected chi connectivity index (χ0v) is 11.3. The summed E-state index contributed by atoms with van der Waals surface area (Å²) in [5.74, 6) is 0.750. The van der Waals surface area contributed by atoms with E-state index in [4.69, 9.17) is 10.5 Å². The first kappa shape index (κ1) is 16.2. The first-order valence-corrected chi connectivity index (χ1v) is 7.03. The summed E-state index contributed by atoms with van der Waals surface area (Å²) >= 11 is 1.48. The van der Waals surface area contributed by atoms with Crippen LogP contribution in [0.1, 0.15) is 26.7 Å². The largest absolute Gasteiger partial charge is 0.465 e. The van der Waals surface area contributed by atoms with Crippen molar-refractivity contribution >= 4 is 23.6 Å². The van der Waals surface area contributed by atoms with Crippen molar-refractivity contribution in [2.24, 2.45) is 5.73 Å². The average Bonchev–Trinajstić information content (AvgIpc) is 2.32. The molecule has 0 spiro atoms. The van der Waals surface area contributed by atoms with E-state index in [0.29, 0.717) is 31.1 Å². The fourth-order valence-electron chi connectivity index (χ4n) is 1.06. The molecule has 6 heteroatoms. The summed E-state index contributed by atoms with van der Waals surface area (Å²) in [4.78, 5) is 22.4. The molecule has 1 atom stereocenters. The third-order valence-corrected chi connectivity index (χ3v) is 2.96. The maximum Gasteiger partial charge on any atom is 0.322 e. The Hall–Kier alpha value is -0.750.